The first-order chi connectivity index (χ1) is 8.91. The Morgan fingerprint density at radius 1 is 1.37 bits per heavy atom. The lowest BCUT2D eigenvalue weighted by Crippen LogP contribution is -2.23. The monoisotopic (exact) mass is 268 g/mol. The standard InChI is InChI=1S/C16H28O3/c1-16(2,3)15(18)19-12-8-7-11-14(17)13-9-5-4-6-10-13/h9,14,17H,4-8,10-12H2,1-3H3/t14-/m0/s1. The second kappa shape index (κ2) is 7.68. The smallest absolute Gasteiger partial charge is 0.311 e. The van der Waals surface area contributed by atoms with Crippen LogP contribution in [0.5, 0.6) is 0 Å². The Bertz CT molecular complexity index is 312. The summed E-state index contributed by atoms with van der Waals surface area (Å²) in [5.74, 6) is -0.150. The van der Waals surface area contributed by atoms with Crippen LogP contribution in [0.1, 0.15) is 65.7 Å². The number of rotatable bonds is 6. The van der Waals surface area contributed by atoms with Gasteiger partial charge in [-0.25, -0.2) is 0 Å². The summed E-state index contributed by atoms with van der Waals surface area (Å²) < 4.78 is 5.20. The van der Waals surface area contributed by atoms with Gasteiger partial charge in [0.2, 0.25) is 0 Å². The lowest BCUT2D eigenvalue weighted by Gasteiger charge is -2.19. The van der Waals surface area contributed by atoms with Crippen molar-refractivity contribution >= 4 is 5.97 Å². The largest absolute Gasteiger partial charge is 0.465 e. The van der Waals surface area contributed by atoms with Gasteiger partial charge in [-0.3, -0.25) is 4.79 Å². The number of aliphatic hydroxyl groups is 1. The van der Waals surface area contributed by atoms with Gasteiger partial charge in [0.1, 0.15) is 0 Å². The molecule has 1 N–H and O–H groups in total. The maximum atomic E-state index is 11.5. The Morgan fingerprint density at radius 3 is 2.68 bits per heavy atom. The molecule has 0 aromatic heterocycles. The summed E-state index contributed by atoms with van der Waals surface area (Å²) in [6.45, 7) is 6.03. The summed E-state index contributed by atoms with van der Waals surface area (Å²) in [4.78, 5) is 11.5. The fourth-order valence-electron chi connectivity index (χ4n) is 2.17. The predicted octanol–water partition coefficient (Wildman–Crippen LogP) is 3.61. The van der Waals surface area contributed by atoms with Gasteiger partial charge in [-0.05, 0) is 71.3 Å². The van der Waals surface area contributed by atoms with Gasteiger partial charge in [-0.2, -0.15) is 0 Å². The summed E-state index contributed by atoms with van der Waals surface area (Å²) in [5, 5.41) is 10.0. The van der Waals surface area contributed by atoms with Gasteiger partial charge in [0.15, 0.2) is 0 Å². The van der Waals surface area contributed by atoms with Crippen LogP contribution < -0.4 is 0 Å². The first kappa shape index (κ1) is 16.2. The number of esters is 1. The van der Waals surface area contributed by atoms with Crippen molar-refractivity contribution in [2.45, 2.75) is 71.8 Å². The van der Waals surface area contributed by atoms with E-state index in [1.54, 1.807) is 0 Å². The fourth-order valence-corrected chi connectivity index (χ4v) is 2.17. The van der Waals surface area contributed by atoms with E-state index < -0.39 is 5.41 Å². The number of carbonyl (C=O) groups is 1. The Morgan fingerprint density at radius 2 is 2.11 bits per heavy atom. The van der Waals surface area contributed by atoms with E-state index in [9.17, 15) is 9.90 Å². The van der Waals surface area contributed by atoms with Crippen molar-refractivity contribution in [2.24, 2.45) is 5.41 Å². The minimum absolute atomic E-state index is 0.150. The molecule has 3 nitrogen and oxygen atoms in total. The molecule has 3 heteroatoms. The van der Waals surface area contributed by atoms with Crippen molar-refractivity contribution in [3.8, 4) is 0 Å². The van der Waals surface area contributed by atoms with E-state index in [2.05, 4.69) is 6.08 Å². The van der Waals surface area contributed by atoms with Crippen LogP contribution in [0, 0.1) is 5.41 Å². The molecule has 0 aromatic rings. The topological polar surface area (TPSA) is 46.5 Å². The van der Waals surface area contributed by atoms with Crippen LogP contribution in [0.4, 0.5) is 0 Å². The molecule has 0 bridgehead atoms. The van der Waals surface area contributed by atoms with E-state index >= 15 is 0 Å². The van der Waals surface area contributed by atoms with E-state index in [1.165, 1.54) is 18.4 Å². The second-order valence-electron chi connectivity index (χ2n) is 6.42. The van der Waals surface area contributed by atoms with Crippen molar-refractivity contribution in [3.05, 3.63) is 11.6 Å². The number of aliphatic hydroxyl groups excluding tert-OH is 1. The van der Waals surface area contributed by atoms with Crippen molar-refractivity contribution < 1.29 is 14.6 Å². The highest BCUT2D eigenvalue weighted by Gasteiger charge is 2.22. The van der Waals surface area contributed by atoms with Gasteiger partial charge >= 0.3 is 5.97 Å². The van der Waals surface area contributed by atoms with Crippen molar-refractivity contribution in [2.75, 3.05) is 6.61 Å². The summed E-state index contributed by atoms with van der Waals surface area (Å²) in [5.41, 5.74) is 0.782. The molecule has 19 heavy (non-hydrogen) atoms. The number of allylic oxidation sites excluding steroid dienone is 1. The van der Waals surface area contributed by atoms with Crippen LogP contribution in [0.15, 0.2) is 11.6 Å². The third-order valence-electron chi connectivity index (χ3n) is 3.47. The first-order valence-corrected chi connectivity index (χ1v) is 7.45. The van der Waals surface area contributed by atoms with E-state index in [1.807, 2.05) is 20.8 Å². The minimum Gasteiger partial charge on any atom is -0.465 e. The highest BCUT2D eigenvalue weighted by molar-refractivity contribution is 5.75. The van der Waals surface area contributed by atoms with Crippen molar-refractivity contribution in [1.82, 2.24) is 0 Å². The summed E-state index contributed by atoms with van der Waals surface area (Å²) in [6, 6.07) is 0. The fraction of sp³-hybridized carbons (Fsp3) is 0.812. The van der Waals surface area contributed by atoms with Gasteiger partial charge in [-0.15, -0.1) is 0 Å². The highest BCUT2D eigenvalue weighted by atomic mass is 16.5. The van der Waals surface area contributed by atoms with E-state index in [4.69, 9.17) is 4.74 Å². The number of unbranched alkanes of at least 4 members (excludes halogenated alkanes) is 1. The molecule has 1 atom stereocenters. The first-order valence-electron chi connectivity index (χ1n) is 7.45. The molecule has 0 spiro atoms. The SMILES string of the molecule is CC(C)(C)C(=O)OCCCC[C@H](O)C1=CCCCC1. The summed E-state index contributed by atoms with van der Waals surface area (Å²) in [6.07, 6.45) is 8.99. The highest BCUT2D eigenvalue weighted by Crippen LogP contribution is 2.23. The Balaban J connectivity index is 2.11. The molecule has 0 saturated carbocycles. The summed E-state index contributed by atoms with van der Waals surface area (Å²) in [7, 11) is 0. The molecule has 0 amide bonds. The Labute approximate surface area is 117 Å². The van der Waals surface area contributed by atoms with Crippen molar-refractivity contribution in [1.29, 1.82) is 0 Å². The van der Waals surface area contributed by atoms with Crippen LogP contribution in [-0.4, -0.2) is 23.8 Å². The van der Waals surface area contributed by atoms with Crippen LogP contribution in [0.2, 0.25) is 0 Å². The average molecular weight is 268 g/mol. The molecule has 1 aliphatic carbocycles. The van der Waals surface area contributed by atoms with Crippen LogP contribution in [0.3, 0.4) is 0 Å². The normalized spacial score (nSPS) is 17.8. The average Bonchev–Trinajstić information content (AvgIpc) is 2.37. The second-order valence-corrected chi connectivity index (χ2v) is 6.42. The lowest BCUT2D eigenvalue weighted by molar-refractivity contribution is -0.153. The third-order valence-corrected chi connectivity index (χ3v) is 3.47. The molecule has 0 aromatic carbocycles. The molecule has 0 unspecified atom stereocenters. The Kier molecular flexibility index (Phi) is 6.56. The minimum atomic E-state index is -0.424. The van der Waals surface area contributed by atoms with Crippen LogP contribution in [0.25, 0.3) is 0 Å². The van der Waals surface area contributed by atoms with E-state index in [0.717, 1.165) is 32.1 Å². The van der Waals surface area contributed by atoms with Gasteiger partial charge in [0.05, 0.1) is 18.1 Å². The number of hydrogen-bond acceptors (Lipinski definition) is 3. The van der Waals surface area contributed by atoms with Crippen LogP contribution >= 0.6 is 0 Å². The predicted molar refractivity (Wildman–Crippen MR) is 76.8 cm³/mol. The Hall–Kier alpha value is -0.830. The van der Waals surface area contributed by atoms with Crippen LogP contribution in [-0.2, 0) is 9.53 Å². The van der Waals surface area contributed by atoms with Gasteiger partial charge < -0.3 is 9.84 Å². The molecule has 0 aliphatic heterocycles. The van der Waals surface area contributed by atoms with Gasteiger partial charge in [0, 0.05) is 0 Å². The van der Waals surface area contributed by atoms with Crippen molar-refractivity contribution in [3.63, 3.8) is 0 Å². The molecular weight excluding hydrogens is 240 g/mol. The zero-order valence-corrected chi connectivity index (χ0v) is 12.6. The third kappa shape index (κ3) is 6.24. The zero-order chi connectivity index (χ0) is 14.3. The number of carbonyl (C=O) groups excluding carboxylic acids is 1. The summed E-state index contributed by atoms with van der Waals surface area (Å²) >= 11 is 0. The number of ether oxygens (including phenoxy) is 1. The number of hydrogen-bond donors (Lipinski definition) is 1. The molecule has 1 aliphatic rings. The van der Waals surface area contributed by atoms with Gasteiger partial charge in [0.25, 0.3) is 0 Å². The lowest BCUT2D eigenvalue weighted by atomic mass is 9.93. The molecule has 0 saturated heterocycles. The quantitative estimate of drug-likeness (QED) is 0.455. The molecule has 110 valence electrons. The van der Waals surface area contributed by atoms with E-state index in [-0.39, 0.29) is 12.1 Å². The maximum absolute atomic E-state index is 11.5. The molecule has 0 heterocycles. The maximum Gasteiger partial charge on any atom is 0.311 e. The zero-order valence-electron chi connectivity index (χ0n) is 12.6. The molecule has 0 fully saturated rings. The van der Waals surface area contributed by atoms with E-state index in [0.29, 0.717) is 6.61 Å². The molecule has 1 rings (SSSR count). The molecular formula is C16H28O3. The van der Waals surface area contributed by atoms with Gasteiger partial charge in [-0.1, -0.05) is 6.08 Å². The molecule has 0 radical (unpaired) electrons.